The topological polar surface area (TPSA) is 3.24 Å². The van der Waals surface area contributed by atoms with E-state index < -0.39 is 0 Å². The van der Waals surface area contributed by atoms with Crippen molar-refractivity contribution in [3.05, 3.63) is 71.2 Å². The van der Waals surface area contributed by atoms with Crippen molar-refractivity contribution in [3.63, 3.8) is 0 Å². The molecule has 21 heavy (non-hydrogen) atoms. The van der Waals surface area contributed by atoms with Crippen molar-refractivity contribution in [2.24, 2.45) is 0 Å². The van der Waals surface area contributed by atoms with Gasteiger partial charge in [-0.3, -0.25) is 4.90 Å². The molecule has 0 fully saturated rings. The molecule has 106 valence electrons. The van der Waals surface area contributed by atoms with Gasteiger partial charge in [0, 0.05) is 17.6 Å². The minimum absolute atomic E-state index is 0.848. The molecule has 0 heterocycles. The number of hydrogen-bond acceptors (Lipinski definition) is 1. The maximum atomic E-state index is 3.92. The zero-order valence-electron chi connectivity index (χ0n) is 12.1. The van der Waals surface area contributed by atoms with E-state index in [0.717, 1.165) is 17.6 Å². The van der Waals surface area contributed by atoms with Crippen LogP contribution in [0.4, 0.5) is 0 Å². The van der Waals surface area contributed by atoms with E-state index >= 15 is 0 Å². The van der Waals surface area contributed by atoms with Gasteiger partial charge >= 0.3 is 0 Å². The molecule has 3 rings (SSSR count). The maximum absolute atomic E-state index is 3.92. The van der Waals surface area contributed by atoms with Crippen molar-refractivity contribution in [1.29, 1.82) is 0 Å². The summed E-state index contributed by atoms with van der Waals surface area (Å²) in [7, 11) is 2.12. The van der Waals surface area contributed by atoms with E-state index in [1.54, 1.807) is 0 Å². The lowest BCUT2D eigenvalue weighted by Crippen LogP contribution is -2.19. The Kier molecular flexibility index (Phi) is 4.09. The summed E-state index contributed by atoms with van der Waals surface area (Å²) in [6.45, 7) is 5.69. The van der Waals surface area contributed by atoms with Crippen LogP contribution in [0.25, 0.3) is 21.5 Å². The summed E-state index contributed by atoms with van der Waals surface area (Å²) in [6, 6.07) is 19.6. The average molecular weight is 340 g/mol. The van der Waals surface area contributed by atoms with Crippen LogP contribution in [0, 0.1) is 0 Å². The van der Waals surface area contributed by atoms with Crippen molar-refractivity contribution in [2.75, 3.05) is 13.6 Å². The third-order valence-electron chi connectivity index (χ3n) is 3.74. The fourth-order valence-corrected chi connectivity index (χ4v) is 3.33. The molecule has 0 bridgehead atoms. The molecule has 0 aliphatic heterocycles. The Balaban J connectivity index is 2.14. The molecule has 0 aromatic heterocycles. The van der Waals surface area contributed by atoms with Gasteiger partial charge in [-0.1, -0.05) is 71.0 Å². The standard InChI is InChI=1S/C19H18BrN/c1-14(20)12-21(2)13-16-11-15-7-3-4-8-17(15)19-10-6-5-9-18(16)19/h3-11H,1,12-13H2,2H3. The first kappa shape index (κ1) is 14.3. The van der Waals surface area contributed by atoms with Gasteiger partial charge in [0.2, 0.25) is 0 Å². The number of hydrogen-bond donors (Lipinski definition) is 0. The molecule has 0 saturated heterocycles. The third kappa shape index (κ3) is 3.02. The Hall–Kier alpha value is -1.64. The molecule has 0 spiro atoms. The van der Waals surface area contributed by atoms with E-state index in [9.17, 15) is 0 Å². The fourth-order valence-electron chi connectivity index (χ4n) is 2.90. The Morgan fingerprint density at radius 3 is 2.33 bits per heavy atom. The number of rotatable bonds is 4. The Labute approximate surface area is 134 Å². The zero-order chi connectivity index (χ0) is 14.8. The predicted octanol–water partition coefficient (Wildman–Crippen LogP) is 5.33. The lowest BCUT2D eigenvalue weighted by atomic mass is 9.97. The van der Waals surface area contributed by atoms with Gasteiger partial charge in [-0.15, -0.1) is 0 Å². The van der Waals surface area contributed by atoms with E-state index in [2.05, 4.69) is 89.1 Å². The first-order valence-electron chi connectivity index (χ1n) is 7.06. The predicted molar refractivity (Wildman–Crippen MR) is 95.9 cm³/mol. The van der Waals surface area contributed by atoms with Crippen molar-refractivity contribution in [2.45, 2.75) is 6.54 Å². The third-order valence-corrected chi connectivity index (χ3v) is 3.99. The normalized spacial score (nSPS) is 11.4. The van der Waals surface area contributed by atoms with Crippen molar-refractivity contribution in [1.82, 2.24) is 4.90 Å². The molecular weight excluding hydrogens is 322 g/mol. The second kappa shape index (κ2) is 6.00. The molecule has 1 nitrogen and oxygen atoms in total. The summed E-state index contributed by atoms with van der Waals surface area (Å²) in [4.78, 5) is 2.27. The van der Waals surface area contributed by atoms with Gasteiger partial charge in [0.1, 0.15) is 0 Å². The number of halogens is 1. The second-order valence-electron chi connectivity index (χ2n) is 5.49. The van der Waals surface area contributed by atoms with Crippen LogP contribution >= 0.6 is 15.9 Å². The first-order chi connectivity index (χ1) is 10.1. The Bertz CT molecular complexity index is 807. The van der Waals surface area contributed by atoms with Gasteiger partial charge in [0.25, 0.3) is 0 Å². The van der Waals surface area contributed by atoms with Crippen LogP contribution in [0.5, 0.6) is 0 Å². The van der Waals surface area contributed by atoms with E-state index in [0.29, 0.717) is 0 Å². The van der Waals surface area contributed by atoms with Gasteiger partial charge < -0.3 is 0 Å². The lowest BCUT2D eigenvalue weighted by molar-refractivity contribution is 0.363. The molecule has 0 amide bonds. The molecule has 0 aliphatic carbocycles. The van der Waals surface area contributed by atoms with Gasteiger partial charge in [-0.25, -0.2) is 0 Å². The van der Waals surface area contributed by atoms with Crippen LogP contribution in [0.3, 0.4) is 0 Å². The molecule has 3 aromatic rings. The highest BCUT2D eigenvalue weighted by Crippen LogP contribution is 2.29. The number of likely N-dealkylation sites (N-methyl/N-ethyl adjacent to an activating group) is 1. The molecular formula is C19H18BrN. The van der Waals surface area contributed by atoms with E-state index in [4.69, 9.17) is 0 Å². The first-order valence-corrected chi connectivity index (χ1v) is 7.85. The minimum atomic E-state index is 0.848. The van der Waals surface area contributed by atoms with E-state index in [-0.39, 0.29) is 0 Å². The molecule has 3 aromatic carbocycles. The Morgan fingerprint density at radius 1 is 1.00 bits per heavy atom. The van der Waals surface area contributed by atoms with E-state index in [1.165, 1.54) is 27.1 Å². The van der Waals surface area contributed by atoms with Crippen LogP contribution in [0.15, 0.2) is 65.7 Å². The highest BCUT2D eigenvalue weighted by Gasteiger charge is 2.08. The molecule has 0 radical (unpaired) electrons. The number of benzene rings is 3. The summed E-state index contributed by atoms with van der Waals surface area (Å²) in [5.41, 5.74) is 1.36. The number of fused-ring (bicyclic) bond motifs is 3. The second-order valence-corrected chi connectivity index (χ2v) is 6.61. The average Bonchev–Trinajstić information content (AvgIpc) is 2.46. The summed E-state index contributed by atoms with van der Waals surface area (Å²) in [6.07, 6.45) is 0. The van der Waals surface area contributed by atoms with Gasteiger partial charge in [-0.05, 0) is 40.2 Å². The molecule has 2 heteroatoms. The van der Waals surface area contributed by atoms with Crippen LogP contribution in [-0.2, 0) is 6.54 Å². The summed E-state index contributed by atoms with van der Waals surface area (Å²) in [5.74, 6) is 0. The minimum Gasteiger partial charge on any atom is -0.297 e. The highest BCUT2D eigenvalue weighted by atomic mass is 79.9. The van der Waals surface area contributed by atoms with Gasteiger partial charge in [0.05, 0.1) is 0 Å². The van der Waals surface area contributed by atoms with E-state index in [1.807, 2.05) is 0 Å². The highest BCUT2D eigenvalue weighted by molar-refractivity contribution is 9.11. The Morgan fingerprint density at radius 2 is 1.62 bits per heavy atom. The molecule has 0 aliphatic rings. The van der Waals surface area contributed by atoms with Crippen LogP contribution < -0.4 is 0 Å². The molecule has 0 atom stereocenters. The molecule has 0 unspecified atom stereocenters. The molecule has 0 saturated carbocycles. The van der Waals surface area contributed by atoms with Gasteiger partial charge in [-0.2, -0.15) is 0 Å². The number of nitrogens with zero attached hydrogens (tertiary/aromatic N) is 1. The smallest absolute Gasteiger partial charge is 0.0294 e. The summed E-state index contributed by atoms with van der Waals surface area (Å²) >= 11 is 3.44. The van der Waals surface area contributed by atoms with Crippen molar-refractivity contribution < 1.29 is 0 Å². The van der Waals surface area contributed by atoms with Gasteiger partial charge in [0.15, 0.2) is 0 Å². The summed E-state index contributed by atoms with van der Waals surface area (Å²) in [5, 5.41) is 5.29. The van der Waals surface area contributed by atoms with Crippen LogP contribution in [0.1, 0.15) is 5.56 Å². The fraction of sp³-hybridized carbons (Fsp3) is 0.158. The SMILES string of the molecule is C=C(Br)CN(C)Cc1cc2ccccc2c2ccccc12. The molecule has 0 N–H and O–H groups in total. The monoisotopic (exact) mass is 339 g/mol. The summed E-state index contributed by atoms with van der Waals surface area (Å²) < 4.78 is 1.01. The van der Waals surface area contributed by atoms with Crippen molar-refractivity contribution >= 4 is 37.5 Å². The van der Waals surface area contributed by atoms with Crippen molar-refractivity contribution in [3.8, 4) is 0 Å². The zero-order valence-corrected chi connectivity index (χ0v) is 13.7. The van der Waals surface area contributed by atoms with Crippen LogP contribution in [-0.4, -0.2) is 18.5 Å². The quantitative estimate of drug-likeness (QED) is 0.580. The van der Waals surface area contributed by atoms with Crippen LogP contribution in [0.2, 0.25) is 0 Å². The largest absolute Gasteiger partial charge is 0.297 e. The lowest BCUT2D eigenvalue weighted by Gasteiger charge is -2.18. The maximum Gasteiger partial charge on any atom is 0.0294 e.